The highest BCUT2D eigenvalue weighted by molar-refractivity contribution is 14.0. The first-order valence-electron chi connectivity index (χ1n) is 9.44. The van der Waals surface area contributed by atoms with Crippen LogP contribution in [0.1, 0.15) is 26.2 Å². The van der Waals surface area contributed by atoms with E-state index in [1.54, 1.807) is 7.11 Å². The van der Waals surface area contributed by atoms with Crippen molar-refractivity contribution >= 4 is 47.2 Å². The van der Waals surface area contributed by atoms with Gasteiger partial charge in [-0.25, -0.2) is 0 Å². The van der Waals surface area contributed by atoms with E-state index in [-0.39, 0.29) is 30.1 Å². The van der Waals surface area contributed by atoms with Gasteiger partial charge in [-0.05, 0) is 44.4 Å². The van der Waals surface area contributed by atoms with E-state index in [1.807, 2.05) is 18.2 Å². The first kappa shape index (κ1) is 22.4. The zero-order valence-corrected chi connectivity index (χ0v) is 19.1. The van der Waals surface area contributed by atoms with Crippen LogP contribution in [0.3, 0.4) is 0 Å². The lowest BCUT2D eigenvalue weighted by Crippen LogP contribution is -2.45. The van der Waals surface area contributed by atoms with Gasteiger partial charge in [-0.15, -0.1) is 24.0 Å². The van der Waals surface area contributed by atoms with Gasteiger partial charge in [0.05, 0.1) is 25.4 Å². The average molecular weight is 509 g/mol. The van der Waals surface area contributed by atoms with Crippen molar-refractivity contribution in [3.05, 3.63) is 23.2 Å². The molecular weight excluding hydrogens is 479 g/mol. The molecule has 2 heterocycles. The zero-order chi connectivity index (χ0) is 18.4. The van der Waals surface area contributed by atoms with Crippen LogP contribution < -0.4 is 20.3 Å². The second-order valence-electron chi connectivity index (χ2n) is 6.75. The number of anilines is 1. The highest BCUT2D eigenvalue weighted by atomic mass is 127. The minimum atomic E-state index is 0. The molecule has 0 saturated carbocycles. The summed E-state index contributed by atoms with van der Waals surface area (Å²) >= 11 is 6.18. The Morgan fingerprint density at radius 2 is 2.26 bits per heavy atom. The van der Waals surface area contributed by atoms with E-state index in [0.717, 1.165) is 67.9 Å². The quantitative estimate of drug-likeness (QED) is 0.351. The predicted octanol–water partition coefficient (Wildman–Crippen LogP) is 3.28. The maximum Gasteiger partial charge on any atom is 0.191 e. The van der Waals surface area contributed by atoms with Crippen LogP contribution in [-0.4, -0.2) is 58.0 Å². The third-order valence-corrected chi connectivity index (χ3v) is 5.07. The van der Waals surface area contributed by atoms with E-state index in [0.29, 0.717) is 12.6 Å². The normalized spacial score (nSPS) is 22.5. The molecule has 0 radical (unpaired) electrons. The topological polar surface area (TPSA) is 58.1 Å². The number of rotatable bonds is 6. The molecule has 8 heteroatoms. The van der Waals surface area contributed by atoms with Gasteiger partial charge in [0, 0.05) is 37.3 Å². The molecule has 1 aromatic rings. The number of benzene rings is 1. The van der Waals surface area contributed by atoms with E-state index in [2.05, 4.69) is 22.5 Å². The lowest BCUT2D eigenvalue weighted by molar-refractivity contribution is 0.117. The molecule has 152 valence electrons. The first-order chi connectivity index (χ1) is 12.7. The molecule has 0 bridgehead atoms. The smallest absolute Gasteiger partial charge is 0.191 e. The largest absolute Gasteiger partial charge is 0.495 e. The Morgan fingerprint density at radius 1 is 1.41 bits per heavy atom. The van der Waals surface area contributed by atoms with Gasteiger partial charge in [0.1, 0.15) is 5.75 Å². The van der Waals surface area contributed by atoms with Crippen LogP contribution in [0, 0.1) is 0 Å². The molecule has 0 aromatic heterocycles. The minimum absolute atomic E-state index is 0. The minimum Gasteiger partial charge on any atom is -0.495 e. The van der Waals surface area contributed by atoms with Crippen molar-refractivity contribution in [3.63, 3.8) is 0 Å². The fourth-order valence-corrected chi connectivity index (χ4v) is 3.67. The Balaban J connectivity index is 0.00000261. The molecule has 2 aliphatic rings. The van der Waals surface area contributed by atoms with Gasteiger partial charge in [0.2, 0.25) is 0 Å². The number of nitrogens with one attached hydrogen (secondary N) is 2. The zero-order valence-electron chi connectivity index (χ0n) is 16.0. The number of nitrogens with zero attached hydrogens (tertiary/aromatic N) is 2. The molecule has 2 atom stereocenters. The van der Waals surface area contributed by atoms with Crippen LogP contribution in [0.2, 0.25) is 5.02 Å². The summed E-state index contributed by atoms with van der Waals surface area (Å²) in [5.41, 5.74) is 1.05. The number of hydrogen-bond acceptors (Lipinski definition) is 4. The van der Waals surface area contributed by atoms with E-state index in [9.17, 15) is 0 Å². The van der Waals surface area contributed by atoms with Crippen LogP contribution in [0.15, 0.2) is 23.2 Å². The molecule has 1 aromatic carbocycles. The third-order valence-electron chi connectivity index (χ3n) is 4.83. The highest BCUT2D eigenvalue weighted by Gasteiger charge is 2.26. The maximum atomic E-state index is 6.18. The molecule has 2 fully saturated rings. The Morgan fingerprint density at radius 3 is 2.96 bits per heavy atom. The Bertz CT molecular complexity index is 626. The first-order valence-corrected chi connectivity index (χ1v) is 9.82. The standard InChI is InChI=1S/C19H29ClN4O2.HI/c1-3-21-19(22-12-16-5-4-10-26-16)23-15-8-9-24(13-15)17-11-14(20)6-7-18(17)25-2;/h6-7,11,15-16H,3-5,8-10,12-13H2,1-2H3,(H2,21,22,23);1H. The summed E-state index contributed by atoms with van der Waals surface area (Å²) in [7, 11) is 1.69. The second-order valence-corrected chi connectivity index (χ2v) is 7.18. The third kappa shape index (κ3) is 6.29. The molecule has 3 rings (SSSR count). The number of halogens is 2. The van der Waals surface area contributed by atoms with Crippen LogP contribution >= 0.6 is 35.6 Å². The van der Waals surface area contributed by atoms with Crippen LogP contribution in [0.4, 0.5) is 5.69 Å². The summed E-state index contributed by atoms with van der Waals surface area (Å²) < 4.78 is 11.2. The van der Waals surface area contributed by atoms with Gasteiger partial charge in [-0.1, -0.05) is 11.6 Å². The lowest BCUT2D eigenvalue weighted by Gasteiger charge is -2.22. The Hall–Kier alpha value is -0.930. The molecule has 27 heavy (non-hydrogen) atoms. The number of hydrogen-bond donors (Lipinski definition) is 2. The van der Waals surface area contributed by atoms with E-state index in [4.69, 9.17) is 26.1 Å². The van der Waals surface area contributed by atoms with Crippen LogP contribution in [-0.2, 0) is 4.74 Å². The SMILES string of the molecule is CCNC(=NCC1CCCO1)NC1CCN(c2cc(Cl)ccc2OC)C1.I. The Kier molecular flexibility index (Phi) is 9.25. The summed E-state index contributed by atoms with van der Waals surface area (Å²) in [6.45, 7) is 6.36. The average Bonchev–Trinajstić information content (AvgIpc) is 3.32. The van der Waals surface area contributed by atoms with Gasteiger partial charge in [0.15, 0.2) is 5.96 Å². The summed E-state index contributed by atoms with van der Waals surface area (Å²) in [5.74, 6) is 1.72. The van der Waals surface area contributed by atoms with Crippen molar-refractivity contribution in [2.75, 3.05) is 44.8 Å². The number of ether oxygens (including phenoxy) is 2. The molecule has 2 aliphatic heterocycles. The van der Waals surface area contributed by atoms with Gasteiger partial charge in [-0.2, -0.15) is 0 Å². The predicted molar refractivity (Wildman–Crippen MR) is 122 cm³/mol. The van der Waals surface area contributed by atoms with E-state index in [1.165, 1.54) is 0 Å². The summed E-state index contributed by atoms with van der Waals surface area (Å²) in [6, 6.07) is 6.09. The van der Waals surface area contributed by atoms with Crippen molar-refractivity contribution in [2.45, 2.75) is 38.3 Å². The van der Waals surface area contributed by atoms with Crippen molar-refractivity contribution in [1.29, 1.82) is 0 Å². The molecule has 6 nitrogen and oxygen atoms in total. The molecule has 0 spiro atoms. The van der Waals surface area contributed by atoms with Gasteiger partial charge < -0.3 is 25.0 Å². The molecule has 2 N–H and O–H groups in total. The van der Waals surface area contributed by atoms with E-state index >= 15 is 0 Å². The summed E-state index contributed by atoms with van der Waals surface area (Å²) in [6.07, 6.45) is 3.55. The number of aliphatic imine (C=N–C) groups is 1. The molecule has 2 unspecified atom stereocenters. The fraction of sp³-hybridized carbons (Fsp3) is 0.632. The lowest BCUT2D eigenvalue weighted by atomic mass is 10.2. The van der Waals surface area contributed by atoms with Crippen molar-refractivity contribution < 1.29 is 9.47 Å². The molecule has 0 amide bonds. The van der Waals surface area contributed by atoms with Gasteiger partial charge >= 0.3 is 0 Å². The van der Waals surface area contributed by atoms with E-state index < -0.39 is 0 Å². The number of methoxy groups -OCH3 is 1. The summed E-state index contributed by atoms with van der Waals surface area (Å²) in [5, 5.41) is 7.62. The second kappa shape index (κ2) is 11.2. The number of guanidine groups is 1. The monoisotopic (exact) mass is 508 g/mol. The summed E-state index contributed by atoms with van der Waals surface area (Å²) in [4.78, 5) is 7.02. The van der Waals surface area contributed by atoms with Crippen molar-refractivity contribution in [3.8, 4) is 5.75 Å². The molecule has 2 saturated heterocycles. The Labute approximate surface area is 184 Å². The fourth-order valence-electron chi connectivity index (χ4n) is 3.50. The van der Waals surface area contributed by atoms with Gasteiger partial charge in [-0.3, -0.25) is 4.99 Å². The van der Waals surface area contributed by atoms with Crippen LogP contribution in [0.25, 0.3) is 0 Å². The highest BCUT2D eigenvalue weighted by Crippen LogP contribution is 2.33. The van der Waals surface area contributed by atoms with Crippen molar-refractivity contribution in [1.82, 2.24) is 10.6 Å². The van der Waals surface area contributed by atoms with Crippen molar-refractivity contribution in [2.24, 2.45) is 4.99 Å². The molecule has 0 aliphatic carbocycles. The molecular formula is C19H30ClIN4O2. The van der Waals surface area contributed by atoms with Crippen LogP contribution in [0.5, 0.6) is 5.75 Å². The van der Waals surface area contributed by atoms with Gasteiger partial charge in [0.25, 0.3) is 0 Å². The maximum absolute atomic E-state index is 6.18.